The highest BCUT2D eigenvalue weighted by molar-refractivity contribution is 14.1. The zero-order valence-electron chi connectivity index (χ0n) is 7.62. The molecule has 2 nitrogen and oxygen atoms in total. The molecule has 0 aliphatic heterocycles. The number of halogens is 3. The Labute approximate surface area is 109 Å². The van der Waals surface area contributed by atoms with Crippen LogP contribution < -0.4 is 0 Å². The van der Waals surface area contributed by atoms with Gasteiger partial charge in [-0.15, -0.1) is 0 Å². The topological polar surface area (TPSA) is 17.8 Å². The number of rotatable bonds is 2. The third-order valence-corrected chi connectivity index (χ3v) is 3.27. The van der Waals surface area contributed by atoms with Gasteiger partial charge in [-0.05, 0) is 46.4 Å². The normalized spacial score (nSPS) is 10.6. The van der Waals surface area contributed by atoms with Gasteiger partial charge in [0.2, 0.25) is 0 Å². The fourth-order valence-electron chi connectivity index (χ4n) is 1.26. The van der Waals surface area contributed by atoms with Crippen molar-refractivity contribution in [2.24, 2.45) is 0 Å². The third-order valence-electron chi connectivity index (χ3n) is 1.94. The molecule has 0 fully saturated rings. The van der Waals surface area contributed by atoms with Crippen LogP contribution in [0.4, 0.5) is 4.39 Å². The van der Waals surface area contributed by atoms with Gasteiger partial charge in [-0.1, -0.05) is 15.9 Å². The van der Waals surface area contributed by atoms with Crippen molar-refractivity contribution in [2.75, 3.05) is 0 Å². The molecule has 0 amide bonds. The van der Waals surface area contributed by atoms with Gasteiger partial charge in [0, 0.05) is 10.7 Å². The van der Waals surface area contributed by atoms with Gasteiger partial charge in [-0.3, -0.25) is 4.68 Å². The molecule has 78 valence electrons. The summed E-state index contributed by atoms with van der Waals surface area (Å²) in [5.41, 5.74) is 0.884. The lowest BCUT2D eigenvalue weighted by molar-refractivity contribution is 0.618. The van der Waals surface area contributed by atoms with E-state index in [0.717, 1.165) is 13.6 Å². The van der Waals surface area contributed by atoms with Crippen LogP contribution in [0.5, 0.6) is 0 Å². The van der Waals surface area contributed by atoms with Crippen molar-refractivity contribution in [3.63, 3.8) is 0 Å². The lowest BCUT2D eigenvalue weighted by Gasteiger charge is -2.04. The maximum absolute atomic E-state index is 13.0. The van der Waals surface area contributed by atoms with E-state index in [4.69, 9.17) is 0 Å². The first-order valence-electron chi connectivity index (χ1n) is 4.27. The second-order valence-corrected chi connectivity index (χ2v) is 5.19. The highest BCUT2D eigenvalue weighted by atomic mass is 127. The molecule has 2 rings (SSSR count). The highest BCUT2D eigenvalue weighted by Gasteiger charge is 2.03. The number of nitrogens with zero attached hydrogens (tertiary/aromatic N) is 2. The third kappa shape index (κ3) is 2.78. The Hall–Kier alpha value is -0.430. The van der Waals surface area contributed by atoms with Crippen molar-refractivity contribution >= 4 is 38.5 Å². The summed E-state index contributed by atoms with van der Waals surface area (Å²) in [6.45, 7) is 0.571. The molecule has 0 spiro atoms. The van der Waals surface area contributed by atoms with Crippen molar-refractivity contribution in [2.45, 2.75) is 6.54 Å². The fourth-order valence-corrected chi connectivity index (χ4v) is 2.08. The average molecular weight is 381 g/mol. The Kier molecular flexibility index (Phi) is 3.40. The Morgan fingerprint density at radius 3 is 2.93 bits per heavy atom. The van der Waals surface area contributed by atoms with Crippen LogP contribution in [0.25, 0.3) is 0 Å². The molecule has 0 unspecified atom stereocenters. The number of benzene rings is 1. The molecule has 0 saturated carbocycles. The number of hydrogen-bond donors (Lipinski definition) is 0. The first kappa shape index (κ1) is 11.1. The minimum atomic E-state index is -0.227. The smallest absolute Gasteiger partial charge is 0.123 e. The molecule has 1 aromatic carbocycles. The van der Waals surface area contributed by atoms with Crippen LogP contribution in [0, 0.1) is 9.39 Å². The maximum Gasteiger partial charge on any atom is 0.123 e. The molecule has 0 saturated heterocycles. The van der Waals surface area contributed by atoms with Gasteiger partial charge >= 0.3 is 0 Å². The van der Waals surface area contributed by atoms with Gasteiger partial charge in [0.1, 0.15) is 5.82 Å². The maximum atomic E-state index is 13.0. The van der Waals surface area contributed by atoms with Crippen LogP contribution in [0.3, 0.4) is 0 Å². The minimum absolute atomic E-state index is 0.227. The van der Waals surface area contributed by atoms with Crippen molar-refractivity contribution in [3.05, 3.63) is 50.0 Å². The van der Waals surface area contributed by atoms with Crippen molar-refractivity contribution in [1.82, 2.24) is 9.78 Å². The summed E-state index contributed by atoms with van der Waals surface area (Å²) in [4.78, 5) is 0. The molecule has 15 heavy (non-hydrogen) atoms. The summed E-state index contributed by atoms with van der Waals surface area (Å²) in [5, 5.41) is 4.15. The van der Waals surface area contributed by atoms with Crippen LogP contribution in [-0.2, 0) is 6.54 Å². The summed E-state index contributed by atoms with van der Waals surface area (Å²) >= 11 is 5.57. The van der Waals surface area contributed by atoms with Crippen LogP contribution >= 0.6 is 38.5 Å². The predicted octanol–water partition coefficient (Wildman–Crippen LogP) is 3.44. The summed E-state index contributed by atoms with van der Waals surface area (Å²) in [5.74, 6) is -0.227. The van der Waals surface area contributed by atoms with E-state index in [1.807, 2.05) is 6.20 Å². The second-order valence-electron chi connectivity index (χ2n) is 3.09. The number of aromatic nitrogens is 2. The lowest BCUT2D eigenvalue weighted by Crippen LogP contribution is -2.01. The molecule has 0 bridgehead atoms. The van der Waals surface area contributed by atoms with Crippen LogP contribution in [0.2, 0.25) is 0 Å². The van der Waals surface area contributed by atoms with Gasteiger partial charge in [-0.2, -0.15) is 5.10 Å². The molecule has 1 heterocycles. The Morgan fingerprint density at radius 2 is 2.27 bits per heavy atom. The first-order valence-corrected chi connectivity index (χ1v) is 6.14. The molecular formula is C10H7BrFIN2. The van der Waals surface area contributed by atoms with Gasteiger partial charge < -0.3 is 0 Å². The summed E-state index contributed by atoms with van der Waals surface area (Å²) in [6.07, 6.45) is 3.69. The zero-order valence-corrected chi connectivity index (χ0v) is 11.4. The van der Waals surface area contributed by atoms with E-state index in [1.54, 1.807) is 16.9 Å². The zero-order chi connectivity index (χ0) is 10.8. The molecule has 0 aliphatic rings. The lowest BCUT2D eigenvalue weighted by atomic mass is 10.2. The molecule has 0 N–H and O–H groups in total. The fraction of sp³-hybridized carbons (Fsp3) is 0.100. The first-order chi connectivity index (χ1) is 7.15. The van der Waals surface area contributed by atoms with Gasteiger partial charge in [0.25, 0.3) is 0 Å². The van der Waals surface area contributed by atoms with Gasteiger partial charge in [-0.25, -0.2) is 4.39 Å². The minimum Gasteiger partial charge on any atom is -0.267 e. The molecule has 1 aromatic heterocycles. The van der Waals surface area contributed by atoms with E-state index in [0.29, 0.717) is 6.54 Å². The Morgan fingerprint density at radius 1 is 1.47 bits per heavy atom. The average Bonchev–Trinajstić information content (AvgIpc) is 2.58. The summed E-state index contributed by atoms with van der Waals surface area (Å²) in [6, 6.07) is 4.65. The largest absolute Gasteiger partial charge is 0.267 e. The Balaban J connectivity index is 2.27. The molecule has 0 radical (unpaired) electrons. The van der Waals surface area contributed by atoms with E-state index >= 15 is 0 Å². The van der Waals surface area contributed by atoms with Crippen molar-refractivity contribution in [3.8, 4) is 0 Å². The van der Waals surface area contributed by atoms with Gasteiger partial charge in [0.05, 0.1) is 16.3 Å². The molecule has 2 aromatic rings. The van der Waals surface area contributed by atoms with Crippen molar-refractivity contribution < 1.29 is 4.39 Å². The summed E-state index contributed by atoms with van der Waals surface area (Å²) in [7, 11) is 0. The van der Waals surface area contributed by atoms with Crippen LogP contribution in [0.15, 0.2) is 35.1 Å². The molecule has 0 atom stereocenters. The van der Waals surface area contributed by atoms with E-state index in [-0.39, 0.29) is 5.82 Å². The van der Waals surface area contributed by atoms with E-state index < -0.39 is 0 Å². The Bertz CT molecular complexity index is 484. The SMILES string of the molecule is Fc1ccc(Br)c(Cn2cc(I)cn2)c1. The van der Waals surface area contributed by atoms with Gasteiger partial charge in [0.15, 0.2) is 0 Å². The molecule has 0 aliphatic carbocycles. The number of hydrogen-bond acceptors (Lipinski definition) is 1. The molecular weight excluding hydrogens is 374 g/mol. The predicted molar refractivity (Wildman–Crippen MR) is 68.1 cm³/mol. The monoisotopic (exact) mass is 380 g/mol. The standard InChI is InChI=1S/C10H7BrFIN2/c11-10-2-1-8(12)3-7(10)5-15-6-9(13)4-14-15/h1-4,6H,5H2. The van der Waals surface area contributed by atoms with E-state index in [1.165, 1.54) is 12.1 Å². The highest BCUT2D eigenvalue weighted by Crippen LogP contribution is 2.18. The second kappa shape index (κ2) is 4.61. The van der Waals surface area contributed by atoms with E-state index in [2.05, 4.69) is 43.6 Å². The summed E-state index contributed by atoms with van der Waals surface area (Å²) < 4.78 is 16.7. The van der Waals surface area contributed by atoms with Crippen molar-refractivity contribution in [1.29, 1.82) is 0 Å². The van der Waals surface area contributed by atoms with E-state index in [9.17, 15) is 4.39 Å². The van der Waals surface area contributed by atoms with Crippen LogP contribution in [0.1, 0.15) is 5.56 Å². The quantitative estimate of drug-likeness (QED) is 0.730. The van der Waals surface area contributed by atoms with Crippen LogP contribution in [-0.4, -0.2) is 9.78 Å². The molecule has 5 heteroatoms.